The lowest BCUT2D eigenvalue weighted by atomic mass is 10.2. The van der Waals surface area contributed by atoms with Crippen LogP contribution in [0.1, 0.15) is 4.88 Å². The standard InChI is InChI=1S/C12H12BrFN2S/c1-15-6-5-10-11(13)16-12(17-10)8-3-2-4-9(14)7-8/h2-4,7,15H,5-6H2,1H3. The van der Waals surface area contributed by atoms with Gasteiger partial charge in [0.05, 0.1) is 0 Å². The fourth-order valence-corrected chi connectivity index (χ4v) is 3.16. The van der Waals surface area contributed by atoms with Crippen LogP contribution in [0.4, 0.5) is 4.39 Å². The smallest absolute Gasteiger partial charge is 0.125 e. The number of thiazole rings is 1. The number of hydrogen-bond donors (Lipinski definition) is 1. The van der Waals surface area contributed by atoms with Gasteiger partial charge in [-0.05, 0) is 48.1 Å². The zero-order chi connectivity index (χ0) is 12.3. The van der Waals surface area contributed by atoms with Crippen molar-refractivity contribution in [1.82, 2.24) is 10.3 Å². The topological polar surface area (TPSA) is 24.9 Å². The fourth-order valence-electron chi connectivity index (χ4n) is 1.47. The summed E-state index contributed by atoms with van der Waals surface area (Å²) in [5.41, 5.74) is 0.825. The van der Waals surface area contributed by atoms with Gasteiger partial charge in [0.15, 0.2) is 0 Å². The van der Waals surface area contributed by atoms with Gasteiger partial charge in [-0.1, -0.05) is 12.1 Å². The molecule has 90 valence electrons. The third-order valence-corrected chi connectivity index (χ3v) is 4.41. The summed E-state index contributed by atoms with van der Waals surface area (Å²) in [5, 5.41) is 3.95. The quantitative estimate of drug-likeness (QED) is 0.934. The van der Waals surface area contributed by atoms with E-state index in [4.69, 9.17) is 0 Å². The second-order valence-corrected chi connectivity index (χ2v) is 5.43. The Hall–Kier alpha value is -0.780. The average molecular weight is 315 g/mol. The van der Waals surface area contributed by atoms with Crippen LogP contribution >= 0.6 is 27.3 Å². The Bertz CT molecular complexity index is 513. The third-order valence-electron chi connectivity index (χ3n) is 2.32. The molecule has 0 aliphatic heterocycles. The van der Waals surface area contributed by atoms with Gasteiger partial charge in [-0.15, -0.1) is 11.3 Å². The van der Waals surface area contributed by atoms with Gasteiger partial charge in [0.2, 0.25) is 0 Å². The van der Waals surface area contributed by atoms with Crippen molar-refractivity contribution in [2.45, 2.75) is 6.42 Å². The molecular formula is C12H12BrFN2S. The highest BCUT2D eigenvalue weighted by Crippen LogP contribution is 2.31. The molecule has 0 unspecified atom stereocenters. The summed E-state index contributed by atoms with van der Waals surface area (Å²) in [6.07, 6.45) is 0.921. The lowest BCUT2D eigenvalue weighted by Gasteiger charge is -1.96. The molecule has 0 spiro atoms. The van der Waals surface area contributed by atoms with Crippen LogP contribution in [0.5, 0.6) is 0 Å². The van der Waals surface area contributed by atoms with Gasteiger partial charge in [-0.2, -0.15) is 0 Å². The summed E-state index contributed by atoms with van der Waals surface area (Å²) in [7, 11) is 1.92. The second kappa shape index (κ2) is 5.71. The normalized spacial score (nSPS) is 10.8. The molecule has 1 N–H and O–H groups in total. The third kappa shape index (κ3) is 3.12. The Balaban J connectivity index is 2.28. The molecule has 0 aliphatic rings. The van der Waals surface area contributed by atoms with E-state index in [1.54, 1.807) is 17.4 Å². The molecule has 2 rings (SSSR count). The highest BCUT2D eigenvalue weighted by molar-refractivity contribution is 9.10. The number of nitrogens with one attached hydrogen (secondary N) is 1. The molecule has 0 atom stereocenters. The van der Waals surface area contributed by atoms with Gasteiger partial charge in [0, 0.05) is 10.4 Å². The molecule has 0 saturated carbocycles. The zero-order valence-corrected chi connectivity index (χ0v) is 11.7. The minimum Gasteiger partial charge on any atom is -0.319 e. The zero-order valence-electron chi connectivity index (χ0n) is 9.34. The monoisotopic (exact) mass is 314 g/mol. The summed E-state index contributed by atoms with van der Waals surface area (Å²) in [6, 6.07) is 6.52. The SMILES string of the molecule is CNCCc1sc(-c2cccc(F)c2)nc1Br. The van der Waals surface area contributed by atoms with E-state index in [1.165, 1.54) is 17.0 Å². The van der Waals surface area contributed by atoms with Crippen molar-refractivity contribution >= 4 is 27.3 Å². The van der Waals surface area contributed by atoms with E-state index < -0.39 is 0 Å². The number of nitrogens with zero attached hydrogens (tertiary/aromatic N) is 1. The molecule has 0 amide bonds. The first-order chi connectivity index (χ1) is 8.20. The molecule has 1 aromatic carbocycles. The van der Waals surface area contributed by atoms with E-state index in [9.17, 15) is 4.39 Å². The average Bonchev–Trinajstić information content (AvgIpc) is 2.68. The first-order valence-electron chi connectivity index (χ1n) is 5.26. The Morgan fingerprint density at radius 1 is 1.47 bits per heavy atom. The Kier molecular flexibility index (Phi) is 4.25. The van der Waals surface area contributed by atoms with E-state index in [0.29, 0.717) is 0 Å². The van der Waals surface area contributed by atoms with E-state index >= 15 is 0 Å². The van der Waals surface area contributed by atoms with Crippen LogP contribution in [0.3, 0.4) is 0 Å². The Morgan fingerprint density at radius 2 is 2.29 bits per heavy atom. The lowest BCUT2D eigenvalue weighted by molar-refractivity contribution is 0.628. The summed E-state index contributed by atoms with van der Waals surface area (Å²) < 4.78 is 14.0. The minimum atomic E-state index is -0.231. The van der Waals surface area contributed by atoms with Crippen molar-refractivity contribution < 1.29 is 4.39 Å². The maximum absolute atomic E-state index is 13.1. The van der Waals surface area contributed by atoms with Crippen LogP contribution in [0.25, 0.3) is 10.6 Å². The molecule has 2 nitrogen and oxygen atoms in total. The van der Waals surface area contributed by atoms with Crippen molar-refractivity contribution in [2.75, 3.05) is 13.6 Å². The van der Waals surface area contributed by atoms with Crippen LogP contribution in [0.2, 0.25) is 0 Å². The summed E-state index contributed by atoms with van der Waals surface area (Å²) in [5.74, 6) is -0.231. The predicted octanol–water partition coefficient (Wildman–Crippen LogP) is 3.47. The Labute approximate surface area is 112 Å². The van der Waals surface area contributed by atoms with Gasteiger partial charge in [0.25, 0.3) is 0 Å². The molecule has 1 heterocycles. The molecule has 0 bridgehead atoms. The highest BCUT2D eigenvalue weighted by atomic mass is 79.9. The van der Waals surface area contributed by atoms with Gasteiger partial charge < -0.3 is 5.32 Å². The summed E-state index contributed by atoms with van der Waals surface area (Å²) >= 11 is 5.04. The van der Waals surface area contributed by atoms with Gasteiger partial charge in [-0.25, -0.2) is 9.37 Å². The summed E-state index contributed by atoms with van der Waals surface area (Å²) in [6.45, 7) is 0.906. The number of aromatic nitrogens is 1. The maximum Gasteiger partial charge on any atom is 0.125 e. The van der Waals surface area contributed by atoms with Crippen LogP contribution < -0.4 is 5.32 Å². The van der Waals surface area contributed by atoms with Gasteiger partial charge >= 0.3 is 0 Å². The van der Waals surface area contributed by atoms with Gasteiger partial charge in [-0.3, -0.25) is 0 Å². The van der Waals surface area contributed by atoms with E-state index in [0.717, 1.165) is 28.1 Å². The van der Waals surface area contributed by atoms with Crippen LogP contribution in [-0.4, -0.2) is 18.6 Å². The first-order valence-corrected chi connectivity index (χ1v) is 6.87. The van der Waals surface area contributed by atoms with Crippen molar-refractivity contribution in [3.8, 4) is 10.6 Å². The Morgan fingerprint density at radius 3 is 3.00 bits per heavy atom. The number of likely N-dealkylation sites (N-methyl/N-ethyl adjacent to an activating group) is 1. The highest BCUT2D eigenvalue weighted by Gasteiger charge is 2.10. The minimum absolute atomic E-state index is 0.231. The van der Waals surface area contributed by atoms with Crippen molar-refractivity contribution in [3.05, 3.63) is 39.6 Å². The molecule has 0 radical (unpaired) electrons. The largest absolute Gasteiger partial charge is 0.319 e. The van der Waals surface area contributed by atoms with Crippen molar-refractivity contribution in [2.24, 2.45) is 0 Å². The molecule has 2 aromatic rings. The van der Waals surface area contributed by atoms with E-state index in [2.05, 4.69) is 26.2 Å². The number of benzene rings is 1. The van der Waals surface area contributed by atoms with Gasteiger partial charge in [0.1, 0.15) is 15.4 Å². The molecule has 17 heavy (non-hydrogen) atoms. The van der Waals surface area contributed by atoms with Crippen LogP contribution in [0.15, 0.2) is 28.9 Å². The molecule has 1 aromatic heterocycles. The van der Waals surface area contributed by atoms with Crippen LogP contribution in [0, 0.1) is 5.82 Å². The van der Waals surface area contributed by atoms with Crippen LogP contribution in [-0.2, 0) is 6.42 Å². The molecule has 0 fully saturated rings. The molecular weight excluding hydrogens is 303 g/mol. The lowest BCUT2D eigenvalue weighted by Crippen LogP contribution is -2.09. The molecule has 0 aliphatic carbocycles. The van der Waals surface area contributed by atoms with E-state index in [1.807, 2.05) is 13.1 Å². The summed E-state index contributed by atoms with van der Waals surface area (Å²) in [4.78, 5) is 5.59. The maximum atomic E-state index is 13.1. The van der Waals surface area contributed by atoms with Crippen molar-refractivity contribution in [1.29, 1.82) is 0 Å². The number of hydrogen-bond acceptors (Lipinski definition) is 3. The van der Waals surface area contributed by atoms with Crippen molar-refractivity contribution in [3.63, 3.8) is 0 Å². The first kappa shape index (κ1) is 12.7. The fraction of sp³-hybridized carbons (Fsp3) is 0.250. The molecule has 5 heteroatoms. The molecule has 0 saturated heterocycles. The predicted molar refractivity (Wildman–Crippen MR) is 72.8 cm³/mol. The number of halogens is 2. The van der Waals surface area contributed by atoms with E-state index in [-0.39, 0.29) is 5.82 Å². The number of rotatable bonds is 4. The second-order valence-electron chi connectivity index (χ2n) is 3.60.